The summed E-state index contributed by atoms with van der Waals surface area (Å²) in [6.07, 6.45) is 1.97. The molecule has 124 valence electrons. The zero-order valence-corrected chi connectivity index (χ0v) is 13.9. The third-order valence-corrected chi connectivity index (χ3v) is 3.96. The molecule has 0 radical (unpaired) electrons. The second kappa shape index (κ2) is 7.08. The van der Waals surface area contributed by atoms with Crippen LogP contribution in [0.25, 0.3) is 10.9 Å². The number of nitrogens with one attached hydrogen (secondary N) is 2. The normalized spacial score (nSPS) is 10.6. The summed E-state index contributed by atoms with van der Waals surface area (Å²) >= 11 is 0. The molecule has 5 heteroatoms. The molecule has 0 saturated carbocycles. The number of benzene rings is 2. The van der Waals surface area contributed by atoms with Crippen LogP contribution in [0.2, 0.25) is 0 Å². The third kappa shape index (κ3) is 3.35. The summed E-state index contributed by atoms with van der Waals surface area (Å²) in [7, 11) is 1.63. The molecule has 1 heterocycles. The van der Waals surface area contributed by atoms with Crippen LogP contribution in [-0.4, -0.2) is 17.7 Å². The topological polar surface area (TPSA) is 55.3 Å². The largest absolute Gasteiger partial charge is 0.497 e. The number of amides is 2. The second-order valence-electron chi connectivity index (χ2n) is 5.51. The van der Waals surface area contributed by atoms with E-state index in [1.54, 1.807) is 7.11 Å². The van der Waals surface area contributed by atoms with Gasteiger partial charge in [0, 0.05) is 24.7 Å². The zero-order chi connectivity index (χ0) is 16.9. The summed E-state index contributed by atoms with van der Waals surface area (Å²) in [4.78, 5) is 12.2. The number of aryl methyl sites for hydroxylation is 1. The van der Waals surface area contributed by atoms with E-state index in [1.165, 1.54) is 0 Å². The van der Waals surface area contributed by atoms with Crippen molar-refractivity contribution in [3.05, 3.63) is 60.3 Å². The number of fused-ring (bicyclic) bond motifs is 1. The molecule has 0 saturated heterocycles. The quantitative estimate of drug-likeness (QED) is 0.746. The molecular weight excluding hydrogens is 302 g/mol. The van der Waals surface area contributed by atoms with Crippen LogP contribution in [0.1, 0.15) is 12.5 Å². The van der Waals surface area contributed by atoms with Crippen LogP contribution in [0.15, 0.2) is 54.7 Å². The lowest BCUT2D eigenvalue weighted by molar-refractivity contribution is 0.251. The van der Waals surface area contributed by atoms with Gasteiger partial charge in [0.05, 0.1) is 18.3 Å². The van der Waals surface area contributed by atoms with E-state index in [0.29, 0.717) is 6.54 Å². The summed E-state index contributed by atoms with van der Waals surface area (Å²) in [5, 5.41) is 6.85. The average molecular weight is 323 g/mol. The molecule has 0 aliphatic heterocycles. The SMILES string of the molecule is CCn1cc(NC(=O)NCc2cccc(OC)c2)c2ccccc21. The molecule has 2 aromatic carbocycles. The number of rotatable bonds is 5. The fraction of sp³-hybridized carbons (Fsp3) is 0.211. The van der Waals surface area contributed by atoms with Gasteiger partial charge in [0.25, 0.3) is 0 Å². The summed E-state index contributed by atoms with van der Waals surface area (Å²) in [5.74, 6) is 0.778. The fourth-order valence-corrected chi connectivity index (χ4v) is 2.74. The Labute approximate surface area is 141 Å². The average Bonchev–Trinajstić information content (AvgIpc) is 2.98. The van der Waals surface area contributed by atoms with Gasteiger partial charge in [-0.2, -0.15) is 0 Å². The molecule has 0 aliphatic rings. The first-order valence-corrected chi connectivity index (χ1v) is 7.97. The Bertz CT molecular complexity index is 855. The first kappa shape index (κ1) is 15.9. The Balaban J connectivity index is 1.69. The molecule has 3 rings (SSSR count). The molecule has 5 nitrogen and oxygen atoms in total. The van der Waals surface area contributed by atoms with Crippen LogP contribution in [0, 0.1) is 0 Å². The maximum atomic E-state index is 12.2. The third-order valence-electron chi connectivity index (χ3n) is 3.96. The standard InChI is InChI=1S/C19H21N3O2/c1-3-22-13-17(16-9-4-5-10-18(16)22)21-19(23)20-12-14-7-6-8-15(11-14)24-2/h4-11,13H,3,12H2,1-2H3,(H2,20,21,23). The highest BCUT2D eigenvalue weighted by Gasteiger charge is 2.10. The minimum atomic E-state index is -0.225. The number of carbonyl (C=O) groups is 1. The Morgan fingerprint density at radius 3 is 2.79 bits per heavy atom. The molecule has 0 atom stereocenters. The Hall–Kier alpha value is -2.95. The smallest absolute Gasteiger partial charge is 0.319 e. The van der Waals surface area contributed by atoms with E-state index in [9.17, 15) is 4.79 Å². The maximum absolute atomic E-state index is 12.2. The number of anilines is 1. The van der Waals surface area contributed by atoms with Crippen LogP contribution in [0.4, 0.5) is 10.5 Å². The highest BCUT2D eigenvalue weighted by Crippen LogP contribution is 2.25. The number of para-hydroxylation sites is 1. The van der Waals surface area contributed by atoms with Crippen molar-refractivity contribution in [1.29, 1.82) is 0 Å². The fourth-order valence-electron chi connectivity index (χ4n) is 2.74. The van der Waals surface area contributed by atoms with Gasteiger partial charge >= 0.3 is 6.03 Å². The number of carbonyl (C=O) groups excluding carboxylic acids is 1. The molecule has 2 N–H and O–H groups in total. The molecule has 0 unspecified atom stereocenters. The van der Waals surface area contributed by atoms with Gasteiger partial charge in [-0.05, 0) is 30.7 Å². The van der Waals surface area contributed by atoms with Crippen molar-refractivity contribution in [1.82, 2.24) is 9.88 Å². The van der Waals surface area contributed by atoms with Crippen molar-refractivity contribution in [2.45, 2.75) is 20.0 Å². The number of hydrogen-bond acceptors (Lipinski definition) is 2. The lowest BCUT2D eigenvalue weighted by Gasteiger charge is -2.08. The first-order valence-electron chi connectivity index (χ1n) is 7.97. The van der Waals surface area contributed by atoms with Crippen LogP contribution in [-0.2, 0) is 13.1 Å². The van der Waals surface area contributed by atoms with Gasteiger partial charge in [0.1, 0.15) is 5.75 Å². The van der Waals surface area contributed by atoms with E-state index in [2.05, 4.69) is 28.2 Å². The lowest BCUT2D eigenvalue weighted by atomic mass is 10.2. The number of hydrogen-bond donors (Lipinski definition) is 2. The van der Waals surface area contributed by atoms with Crippen LogP contribution in [0.5, 0.6) is 5.75 Å². The van der Waals surface area contributed by atoms with E-state index >= 15 is 0 Å². The van der Waals surface area contributed by atoms with Gasteiger partial charge < -0.3 is 19.9 Å². The summed E-state index contributed by atoms with van der Waals surface area (Å²) < 4.78 is 7.31. The van der Waals surface area contributed by atoms with Crippen LogP contribution < -0.4 is 15.4 Å². The summed E-state index contributed by atoms with van der Waals surface area (Å²) in [6, 6.07) is 15.5. The molecule has 0 bridgehead atoms. The van der Waals surface area contributed by atoms with E-state index in [-0.39, 0.29) is 6.03 Å². The predicted molar refractivity (Wildman–Crippen MR) is 96.5 cm³/mol. The van der Waals surface area contributed by atoms with E-state index in [0.717, 1.165) is 34.4 Å². The van der Waals surface area contributed by atoms with Gasteiger partial charge in [-0.1, -0.05) is 30.3 Å². The molecule has 24 heavy (non-hydrogen) atoms. The van der Waals surface area contributed by atoms with E-state index in [1.807, 2.05) is 48.7 Å². The minimum Gasteiger partial charge on any atom is -0.497 e. The van der Waals surface area contributed by atoms with Crippen molar-refractivity contribution in [2.75, 3.05) is 12.4 Å². The van der Waals surface area contributed by atoms with Crippen molar-refractivity contribution >= 4 is 22.6 Å². The molecule has 0 aliphatic carbocycles. The molecule has 0 spiro atoms. The van der Waals surface area contributed by atoms with Crippen LogP contribution >= 0.6 is 0 Å². The predicted octanol–water partition coefficient (Wildman–Crippen LogP) is 3.99. The van der Waals surface area contributed by atoms with Crippen molar-refractivity contribution in [2.24, 2.45) is 0 Å². The zero-order valence-electron chi connectivity index (χ0n) is 13.9. The Kier molecular flexibility index (Phi) is 4.70. The highest BCUT2D eigenvalue weighted by atomic mass is 16.5. The Morgan fingerprint density at radius 1 is 1.17 bits per heavy atom. The van der Waals surface area contributed by atoms with Gasteiger partial charge in [-0.15, -0.1) is 0 Å². The van der Waals surface area contributed by atoms with Crippen molar-refractivity contribution < 1.29 is 9.53 Å². The van der Waals surface area contributed by atoms with Gasteiger partial charge in [0.2, 0.25) is 0 Å². The molecule has 0 fully saturated rings. The van der Waals surface area contributed by atoms with Crippen molar-refractivity contribution in [3.8, 4) is 5.75 Å². The lowest BCUT2D eigenvalue weighted by Crippen LogP contribution is -2.28. The first-order chi connectivity index (χ1) is 11.7. The maximum Gasteiger partial charge on any atom is 0.319 e. The van der Waals surface area contributed by atoms with E-state index in [4.69, 9.17) is 4.74 Å². The highest BCUT2D eigenvalue weighted by molar-refractivity contribution is 6.01. The minimum absolute atomic E-state index is 0.225. The van der Waals surface area contributed by atoms with Gasteiger partial charge in [-0.25, -0.2) is 4.79 Å². The number of nitrogens with zero attached hydrogens (tertiary/aromatic N) is 1. The monoisotopic (exact) mass is 323 g/mol. The second-order valence-corrected chi connectivity index (χ2v) is 5.51. The number of aromatic nitrogens is 1. The summed E-state index contributed by atoms with van der Waals surface area (Å²) in [6.45, 7) is 3.38. The number of urea groups is 1. The molecule has 1 aromatic heterocycles. The number of methoxy groups -OCH3 is 1. The Morgan fingerprint density at radius 2 is 2.00 bits per heavy atom. The molecule has 2 amide bonds. The van der Waals surface area contributed by atoms with Crippen molar-refractivity contribution in [3.63, 3.8) is 0 Å². The number of ether oxygens (including phenoxy) is 1. The summed E-state index contributed by atoms with van der Waals surface area (Å²) in [5.41, 5.74) is 2.92. The molecular formula is C19H21N3O2. The van der Waals surface area contributed by atoms with Crippen LogP contribution in [0.3, 0.4) is 0 Å². The molecule has 3 aromatic rings. The van der Waals surface area contributed by atoms with E-state index < -0.39 is 0 Å². The van der Waals surface area contributed by atoms with Gasteiger partial charge in [-0.3, -0.25) is 0 Å². The van der Waals surface area contributed by atoms with Gasteiger partial charge in [0.15, 0.2) is 0 Å².